The summed E-state index contributed by atoms with van der Waals surface area (Å²) < 4.78 is 26.4. The van der Waals surface area contributed by atoms with E-state index in [1.54, 1.807) is 0 Å². The van der Waals surface area contributed by atoms with Gasteiger partial charge in [-0.3, -0.25) is 0 Å². The highest BCUT2D eigenvalue weighted by atomic mass is 31.1. The molecule has 0 N–H and O–H groups in total. The predicted molar refractivity (Wildman–Crippen MR) is 222 cm³/mol. The van der Waals surface area contributed by atoms with Gasteiger partial charge in [0.1, 0.15) is 23.0 Å². The molecule has 4 nitrogen and oxygen atoms in total. The smallest absolute Gasteiger partial charge is 0.275 e. The predicted octanol–water partition coefficient (Wildman–Crippen LogP) is 14.0. The molecule has 4 rings (SSSR count). The average molecular weight is 729 g/mol. The first-order valence-electron chi connectivity index (χ1n) is 18.2. The normalized spacial score (nSPS) is 13.0. The van der Waals surface area contributed by atoms with E-state index in [2.05, 4.69) is 147 Å². The Hall–Kier alpha value is -3.06. The van der Waals surface area contributed by atoms with Gasteiger partial charge in [-0.1, -0.05) is 132 Å². The minimum absolute atomic E-state index is 0.114. The maximum Gasteiger partial charge on any atom is 0.275 e. The lowest BCUT2D eigenvalue weighted by molar-refractivity contribution is 0.484. The molecule has 6 heteroatoms. The standard InChI is InChI=1S/C45H62O4P2/c1-17-31-20-24-33(25-21-31)47-51-49-41-37(45(14,15)16)27-35(43(8,9)10)30(4)39(41)38-29(3)34(42(5,6)7)26-36(44(11,12)13)40(38)48-50-46-32-22-18-28(2)19-23-32/h18-27,50-51H,17H2,1-16H3. The van der Waals surface area contributed by atoms with Crippen molar-refractivity contribution >= 4 is 18.1 Å². The maximum atomic E-state index is 6.93. The Balaban J connectivity index is 2.06. The van der Waals surface area contributed by atoms with Crippen LogP contribution in [0.5, 0.6) is 23.0 Å². The summed E-state index contributed by atoms with van der Waals surface area (Å²) in [4.78, 5) is 0. The molecule has 0 amide bonds. The molecule has 0 saturated heterocycles. The molecule has 0 fully saturated rings. The van der Waals surface area contributed by atoms with Gasteiger partial charge in [0.15, 0.2) is 0 Å². The van der Waals surface area contributed by atoms with Gasteiger partial charge in [0.25, 0.3) is 18.1 Å². The first kappa shape index (κ1) is 40.7. The highest BCUT2D eigenvalue weighted by Crippen LogP contribution is 2.54. The third-order valence-corrected chi connectivity index (χ3v) is 10.7. The number of hydrogen-bond donors (Lipinski definition) is 0. The molecular formula is C45H62O4P2. The monoisotopic (exact) mass is 728 g/mol. The summed E-state index contributed by atoms with van der Waals surface area (Å²) in [6.07, 6.45) is 0.987. The zero-order valence-electron chi connectivity index (χ0n) is 34.1. The van der Waals surface area contributed by atoms with Crippen molar-refractivity contribution in [2.75, 3.05) is 0 Å². The van der Waals surface area contributed by atoms with Crippen molar-refractivity contribution in [2.45, 2.75) is 139 Å². The van der Waals surface area contributed by atoms with Crippen molar-refractivity contribution < 1.29 is 18.1 Å². The second-order valence-electron chi connectivity index (χ2n) is 18.0. The fraction of sp³-hybridized carbons (Fsp3) is 0.467. The van der Waals surface area contributed by atoms with Crippen LogP contribution in [-0.4, -0.2) is 0 Å². The topological polar surface area (TPSA) is 36.9 Å². The van der Waals surface area contributed by atoms with Crippen LogP contribution >= 0.6 is 18.1 Å². The van der Waals surface area contributed by atoms with Gasteiger partial charge in [0.05, 0.1) is 0 Å². The summed E-state index contributed by atoms with van der Waals surface area (Å²) in [5.74, 6) is 3.28. The van der Waals surface area contributed by atoms with Gasteiger partial charge in [0.2, 0.25) is 0 Å². The lowest BCUT2D eigenvalue weighted by Crippen LogP contribution is -2.22. The van der Waals surface area contributed by atoms with Crippen LogP contribution in [0.3, 0.4) is 0 Å². The van der Waals surface area contributed by atoms with Crippen LogP contribution in [0.15, 0.2) is 60.7 Å². The Morgan fingerprint density at radius 3 is 1.10 bits per heavy atom. The third kappa shape index (κ3) is 9.68. The minimum Gasteiger partial charge on any atom is -0.441 e. The molecule has 276 valence electrons. The molecule has 4 aromatic carbocycles. The summed E-state index contributed by atoms with van der Waals surface area (Å²) in [5.41, 5.74) is 11.2. The number of benzene rings is 4. The Morgan fingerprint density at radius 2 is 0.784 bits per heavy atom. The molecule has 0 radical (unpaired) electrons. The fourth-order valence-corrected chi connectivity index (χ4v) is 7.76. The summed E-state index contributed by atoms with van der Waals surface area (Å²) in [7, 11) is -0.472. The number of hydrogen-bond acceptors (Lipinski definition) is 4. The molecule has 0 saturated carbocycles. The molecule has 0 bridgehead atoms. The van der Waals surface area contributed by atoms with Crippen LogP contribution in [0.25, 0.3) is 11.1 Å². The average Bonchev–Trinajstić information content (AvgIpc) is 3.00. The van der Waals surface area contributed by atoms with E-state index in [0.29, 0.717) is 0 Å². The summed E-state index contributed by atoms with van der Waals surface area (Å²) in [6.45, 7) is 36.1. The largest absolute Gasteiger partial charge is 0.441 e. The molecule has 0 heterocycles. The zero-order valence-corrected chi connectivity index (χ0v) is 36.1. The Morgan fingerprint density at radius 1 is 0.451 bits per heavy atom. The van der Waals surface area contributed by atoms with E-state index < -0.39 is 0 Å². The van der Waals surface area contributed by atoms with Gasteiger partial charge in [0, 0.05) is 22.3 Å². The molecule has 0 aromatic heterocycles. The zero-order chi connectivity index (χ0) is 38.1. The van der Waals surface area contributed by atoms with Crippen LogP contribution in [0, 0.1) is 20.8 Å². The summed E-state index contributed by atoms with van der Waals surface area (Å²) in [5, 5.41) is 0. The first-order chi connectivity index (χ1) is 23.5. The van der Waals surface area contributed by atoms with Crippen LogP contribution in [0.2, 0.25) is 0 Å². The third-order valence-electron chi connectivity index (χ3n) is 9.52. The van der Waals surface area contributed by atoms with Gasteiger partial charge in [-0.25, -0.2) is 0 Å². The highest BCUT2D eigenvalue weighted by Gasteiger charge is 2.35. The molecular weight excluding hydrogens is 666 g/mol. The summed E-state index contributed by atoms with van der Waals surface area (Å²) in [6, 6.07) is 21.2. The van der Waals surface area contributed by atoms with Gasteiger partial charge in [-0.15, -0.1) is 0 Å². The molecule has 2 atom stereocenters. The number of aryl methyl sites for hydroxylation is 2. The molecule has 51 heavy (non-hydrogen) atoms. The summed E-state index contributed by atoms with van der Waals surface area (Å²) >= 11 is 0. The second kappa shape index (κ2) is 15.5. The fourth-order valence-electron chi connectivity index (χ4n) is 6.62. The minimum atomic E-state index is -0.236. The van der Waals surface area contributed by atoms with E-state index in [0.717, 1.165) is 51.7 Å². The van der Waals surface area contributed by atoms with Crippen molar-refractivity contribution in [1.82, 2.24) is 0 Å². The Kier molecular flexibility index (Phi) is 12.4. The van der Waals surface area contributed by atoms with E-state index in [1.807, 2.05) is 24.3 Å². The quantitative estimate of drug-likeness (QED) is 0.152. The van der Waals surface area contributed by atoms with Crippen LogP contribution in [0.4, 0.5) is 0 Å². The SMILES string of the molecule is CCc1ccc(OPOc2c(C(C)(C)C)cc(C(C)(C)C)c(C)c2-c2c(C)c(C(C)(C)C)cc(C(C)(C)C)c2OPOc2ccc(C)cc2)cc1. The molecule has 2 unspecified atom stereocenters. The lowest BCUT2D eigenvalue weighted by Gasteiger charge is -2.35. The van der Waals surface area contributed by atoms with E-state index in [9.17, 15) is 0 Å². The molecule has 0 aliphatic heterocycles. The van der Waals surface area contributed by atoms with Crippen molar-refractivity contribution in [3.8, 4) is 34.1 Å². The molecule has 0 aliphatic carbocycles. The van der Waals surface area contributed by atoms with Gasteiger partial charge in [-0.2, -0.15) is 0 Å². The Bertz CT molecular complexity index is 1810. The molecule has 0 spiro atoms. The number of rotatable bonds is 10. The van der Waals surface area contributed by atoms with Gasteiger partial charge < -0.3 is 18.1 Å². The van der Waals surface area contributed by atoms with Crippen molar-refractivity contribution in [3.05, 3.63) is 105 Å². The van der Waals surface area contributed by atoms with Crippen molar-refractivity contribution in [1.29, 1.82) is 0 Å². The van der Waals surface area contributed by atoms with Gasteiger partial charge in [-0.05, 0) is 101 Å². The lowest BCUT2D eigenvalue weighted by atomic mass is 9.72. The van der Waals surface area contributed by atoms with Crippen molar-refractivity contribution in [3.63, 3.8) is 0 Å². The second-order valence-corrected chi connectivity index (χ2v) is 19.1. The van der Waals surface area contributed by atoms with E-state index in [4.69, 9.17) is 18.1 Å². The Labute approximate surface area is 313 Å². The van der Waals surface area contributed by atoms with E-state index in [-0.39, 0.29) is 39.7 Å². The maximum absolute atomic E-state index is 6.93. The highest BCUT2D eigenvalue weighted by molar-refractivity contribution is 7.27. The molecule has 0 aliphatic rings. The van der Waals surface area contributed by atoms with Crippen LogP contribution < -0.4 is 18.1 Å². The van der Waals surface area contributed by atoms with Crippen molar-refractivity contribution in [2.24, 2.45) is 0 Å². The van der Waals surface area contributed by atoms with Crippen LogP contribution in [0.1, 0.15) is 135 Å². The van der Waals surface area contributed by atoms with Gasteiger partial charge >= 0.3 is 0 Å². The van der Waals surface area contributed by atoms with E-state index in [1.165, 1.54) is 33.4 Å². The van der Waals surface area contributed by atoms with Crippen LogP contribution in [-0.2, 0) is 28.1 Å². The van der Waals surface area contributed by atoms with E-state index >= 15 is 0 Å². The molecule has 4 aromatic rings. The first-order valence-corrected chi connectivity index (χ1v) is 19.9.